The molecular weight excluding hydrogens is 352 g/mol. The molecule has 0 spiro atoms. The number of allylic oxidation sites excluding steroid dienone is 6. The van der Waals surface area contributed by atoms with Gasteiger partial charge < -0.3 is 4.74 Å². The topological polar surface area (TPSA) is 9.23 Å². The minimum Gasteiger partial charge on any atom is -0.359 e. The fourth-order valence-corrected chi connectivity index (χ4v) is 4.01. The molecule has 0 aromatic heterocycles. The van der Waals surface area contributed by atoms with E-state index in [4.69, 9.17) is 4.74 Å². The third kappa shape index (κ3) is 6.19. The highest BCUT2D eigenvalue weighted by molar-refractivity contribution is 5.35. The fraction of sp³-hybridized carbons (Fsp3) is 0.571. The molecule has 1 heteroatoms. The Morgan fingerprint density at radius 1 is 0.759 bits per heavy atom. The number of hydrogen-bond donors (Lipinski definition) is 0. The quantitative estimate of drug-likeness (QED) is 0.412. The van der Waals surface area contributed by atoms with Crippen molar-refractivity contribution in [1.29, 1.82) is 0 Å². The maximum Gasteiger partial charge on any atom is 0.0946 e. The van der Waals surface area contributed by atoms with Crippen molar-refractivity contribution < 1.29 is 4.74 Å². The van der Waals surface area contributed by atoms with Crippen LogP contribution in [-0.4, -0.2) is 11.2 Å². The maximum atomic E-state index is 7.07. The van der Waals surface area contributed by atoms with Crippen LogP contribution in [0.5, 0.6) is 0 Å². The number of rotatable bonds is 6. The van der Waals surface area contributed by atoms with E-state index in [-0.39, 0.29) is 22.0 Å². The van der Waals surface area contributed by atoms with Crippen molar-refractivity contribution in [3.05, 3.63) is 71.9 Å². The first-order valence-electron chi connectivity index (χ1n) is 11.2. The molecule has 0 bridgehead atoms. The average Bonchev–Trinajstić information content (AvgIpc) is 2.64. The van der Waals surface area contributed by atoms with Crippen LogP contribution in [0.3, 0.4) is 0 Å². The smallest absolute Gasteiger partial charge is 0.0946 e. The second kappa shape index (κ2) is 9.04. The van der Waals surface area contributed by atoms with Gasteiger partial charge in [0, 0.05) is 0 Å². The number of hydrogen-bond acceptors (Lipinski definition) is 1. The summed E-state index contributed by atoms with van der Waals surface area (Å²) >= 11 is 0. The molecule has 2 aliphatic rings. The molecule has 0 aromatic rings. The standard InChI is InChI=1S/C28H42O/c1-9-11-17-27(19-13-23(14-20-27)25(3,4)5)29-28(18-12-10-2)21-15-24(16-22-28)26(6,7)8/h9-16,19,21H,17-18,20,22H2,1-8H3. The Bertz CT molecular complexity index is 678. The van der Waals surface area contributed by atoms with Gasteiger partial charge in [0.15, 0.2) is 0 Å². The molecule has 1 nitrogen and oxygen atoms in total. The van der Waals surface area contributed by atoms with Gasteiger partial charge in [0.2, 0.25) is 0 Å². The zero-order valence-electron chi connectivity index (χ0n) is 20.0. The Morgan fingerprint density at radius 2 is 1.14 bits per heavy atom. The molecule has 0 saturated carbocycles. The molecule has 0 N–H and O–H groups in total. The first-order chi connectivity index (χ1) is 13.5. The summed E-state index contributed by atoms with van der Waals surface area (Å²) in [5, 5.41) is 0. The molecule has 0 radical (unpaired) electrons. The molecule has 0 saturated heterocycles. The highest BCUT2D eigenvalue weighted by Crippen LogP contribution is 2.43. The highest BCUT2D eigenvalue weighted by Gasteiger charge is 2.40. The minimum atomic E-state index is -0.291. The average molecular weight is 395 g/mol. The van der Waals surface area contributed by atoms with Crippen molar-refractivity contribution in [3.63, 3.8) is 0 Å². The van der Waals surface area contributed by atoms with Gasteiger partial charge in [-0.05, 0) is 61.5 Å². The van der Waals surface area contributed by atoms with E-state index in [0.717, 1.165) is 25.7 Å². The highest BCUT2D eigenvalue weighted by atomic mass is 16.5. The Kier molecular flexibility index (Phi) is 7.38. The Morgan fingerprint density at radius 3 is 1.38 bits per heavy atom. The zero-order chi connectivity index (χ0) is 21.8. The van der Waals surface area contributed by atoms with Gasteiger partial charge in [-0.1, -0.05) is 102 Å². The van der Waals surface area contributed by atoms with Crippen LogP contribution < -0.4 is 0 Å². The third-order valence-corrected chi connectivity index (χ3v) is 6.00. The fourth-order valence-electron chi connectivity index (χ4n) is 4.01. The van der Waals surface area contributed by atoms with E-state index in [1.54, 1.807) is 0 Å². The predicted molar refractivity (Wildman–Crippen MR) is 128 cm³/mol. The van der Waals surface area contributed by atoms with E-state index >= 15 is 0 Å². The molecule has 2 aliphatic carbocycles. The Balaban J connectivity index is 2.34. The maximum absolute atomic E-state index is 7.07. The van der Waals surface area contributed by atoms with Crippen LogP contribution >= 0.6 is 0 Å². The Labute approximate surface area is 180 Å². The lowest BCUT2D eigenvalue weighted by Crippen LogP contribution is -2.43. The summed E-state index contributed by atoms with van der Waals surface area (Å²) in [6.07, 6.45) is 26.4. The second-order valence-corrected chi connectivity index (χ2v) is 10.7. The van der Waals surface area contributed by atoms with Gasteiger partial charge in [0.25, 0.3) is 0 Å². The summed E-state index contributed by atoms with van der Waals surface area (Å²) in [5.74, 6) is 0. The van der Waals surface area contributed by atoms with Crippen molar-refractivity contribution in [2.75, 3.05) is 0 Å². The zero-order valence-corrected chi connectivity index (χ0v) is 20.0. The van der Waals surface area contributed by atoms with Gasteiger partial charge in [-0.3, -0.25) is 0 Å². The molecule has 0 fully saturated rings. The molecule has 29 heavy (non-hydrogen) atoms. The lowest BCUT2D eigenvalue weighted by atomic mass is 9.77. The van der Waals surface area contributed by atoms with E-state index in [1.807, 2.05) is 0 Å². The molecule has 0 heterocycles. The summed E-state index contributed by atoms with van der Waals surface area (Å²) in [4.78, 5) is 0. The molecule has 0 aromatic carbocycles. The van der Waals surface area contributed by atoms with E-state index in [2.05, 4.69) is 116 Å². The van der Waals surface area contributed by atoms with Gasteiger partial charge >= 0.3 is 0 Å². The largest absolute Gasteiger partial charge is 0.359 e. The molecule has 0 aliphatic heterocycles. The van der Waals surface area contributed by atoms with Gasteiger partial charge in [0.05, 0.1) is 11.2 Å². The van der Waals surface area contributed by atoms with Gasteiger partial charge in [0.1, 0.15) is 0 Å². The van der Waals surface area contributed by atoms with Gasteiger partial charge in [-0.15, -0.1) is 0 Å². The number of ether oxygens (including phenoxy) is 1. The minimum absolute atomic E-state index is 0.168. The first-order valence-corrected chi connectivity index (χ1v) is 11.2. The van der Waals surface area contributed by atoms with Crippen molar-refractivity contribution in [3.8, 4) is 0 Å². The van der Waals surface area contributed by atoms with E-state index in [9.17, 15) is 0 Å². The van der Waals surface area contributed by atoms with Crippen LogP contribution in [-0.2, 0) is 4.74 Å². The van der Waals surface area contributed by atoms with E-state index in [0.29, 0.717) is 0 Å². The van der Waals surface area contributed by atoms with Crippen LogP contribution in [0.15, 0.2) is 71.9 Å². The van der Waals surface area contributed by atoms with E-state index in [1.165, 1.54) is 11.1 Å². The van der Waals surface area contributed by atoms with Crippen molar-refractivity contribution in [2.24, 2.45) is 10.8 Å². The van der Waals surface area contributed by atoms with Crippen LogP contribution in [0.1, 0.15) is 81.1 Å². The normalized spacial score (nSPS) is 28.3. The summed E-state index contributed by atoms with van der Waals surface area (Å²) in [6.45, 7) is 17.8. The van der Waals surface area contributed by atoms with Gasteiger partial charge in [-0.25, -0.2) is 0 Å². The molecule has 2 unspecified atom stereocenters. The van der Waals surface area contributed by atoms with Crippen LogP contribution in [0.25, 0.3) is 0 Å². The third-order valence-electron chi connectivity index (χ3n) is 6.00. The summed E-state index contributed by atoms with van der Waals surface area (Å²) < 4.78 is 7.07. The van der Waals surface area contributed by atoms with E-state index < -0.39 is 0 Å². The first kappa shape index (κ1) is 23.7. The molecule has 2 rings (SSSR count). The van der Waals surface area contributed by atoms with Crippen molar-refractivity contribution in [2.45, 2.75) is 92.3 Å². The second-order valence-electron chi connectivity index (χ2n) is 10.7. The van der Waals surface area contributed by atoms with Crippen LogP contribution in [0.4, 0.5) is 0 Å². The SMILES string of the molecule is CC=CCC1(OC2(CC=CC)C=CC(C(C)(C)C)=CC2)C=CC(C(C)(C)C)=CC1. The summed E-state index contributed by atoms with van der Waals surface area (Å²) in [6, 6.07) is 0. The Hall–Kier alpha value is -1.60. The molecule has 2 atom stereocenters. The van der Waals surface area contributed by atoms with Gasteiger partial charge in [-0.2, -0.15) is 0 Å². The molecule has 160 valence electrons. The lowest BCUT2D eigenvalue weighted by molar-refractivity contribution is -0.104. The predicted octanol–water partition coefficient (Wildman–Crippen LogP) is 8.28. The monoisotopic (exact) mass is 394 g/mol. The van der Waals surface area contributed by atoms with Crippen molar-refractivity contribution in [1.82, 2.24) is 0 Å². The van der Waals surface area contributed by atoms with Crippen molar-refractivity contribution >= 4 is 0 Å². The summed E-state index contributed by atoms with van der Waals surface area (Å²) in [7, 11) is 0. The molecule has 0 amide bonds. The van der Waals surface area contributed by atoms with Crippen LogP contribution in [0, 0.1) is 10.8 Å². The molecular formula is C28H42O. The lowest BCUT2D eigenvalue weighted by Gasteiger charge is -2.43. The summed E-state index contributed by atoms with van der Waals surface area (Å²) in [5.41, 5.74) is 2.55. The van der Waals surface area contributed by atoms with Crippen LogP contribution in [0.2, 0.25) is 0 Å².